The van der Waals surface area contributed by atoms with Gasteiger partial charge in [-0.3, -0.25) is 9.32 Å². The van der Waals surface area contributed by atoms with Gasteiger partial charge in [0.1, 0.15) is 5.60 Å². The van der Waals surface area contributed by atoms with Gasteiger partial charge in [0.2, 0.25) is 11.6 Å². The highest BCUT2D eigenvalue weighted by Crippen LogP contribution is 2.25. The summed E-state index contributed by atoms with van der Waals surface area (Å²) in [7, 11) is 0. The number of ether oxygens (including phenoxy) is 1. The number of carbonyl (C=O) groups excluding carboxylic acids is 2. The van der Waals surface area contributed by atoms with Gasteiger partial charge in [-0.1, -0.05) is 35.0 Å². The van der Waals surface area contributed by atoms with Crippen molar-refractivity contribution in [2.45, 2.75) is 32.9 Å². The molecule has 0 unspecified atom stereocenters. The number of benzene rings is 2. The van der Waals surface area contributed by atoms with Crippen molar-refractivity contribution in [2.24, 2.45) is 0 Å². The number of nitrogens with one attached hydrogen (secondary N) is 2. The van der Waals surface area contributed by atoms with E-state index in [4.69, 9.17) is 25.5 Å². The van der Waals surface area contributed by atoms with E-state index in [0.717, 1.165) is 10.1 Å². The number of rotatable bonds is 6. The van der Waals surface area contributed by atoms with Crippen LogP contribution in [0.5, 0.6) is 0 Å². The van der Waals surface area contributed by atoms with Crippen molar-refractivity contribution in [3.05, 3.63) is 75.2 Å². The summed E-state index contributed by atoms with van der Waals surface area (Å²) in [5, 5.41) is 16.8. The number of aromatic nitrogens is 4. The SMILES string of the molecule is CC(C)(C)OC(=O)NCc1ccc(C(=O)Nc2nonc2-c2noc(=O)n2-c2cccc(Cl)c2)cc1. The number of nitrogens with zero attached hydrogens (tertiary/aromatic N) is 4. The topological polar surface area (TPSA) is 154 Å². The monoisotopic (exact) mass is 512 g/mol. The van der Waals surface area contributed by atoms with Crippen LogP contribution in [-0.2, 0) is 11.3 Å². The van der Waals surface area contributed by atoms with Crippen molar-refractivity contribution in [3.63, 3.8) is 0 Å². The van der Waals surface area contributed by atoms with Gasteiger partial charge in [0.15, 0.2) is 5.69 Å². The Kier molecular flexibility index (Phi) is 6.88. The van der Waals surface area contributed by atoms with Crippen LogP contribution in [0.15, 0.2) is 62.5 Å². The molecule has 0 saturated carbocycles. The van der Waals surface area contributed by atoms with Crippen LogP contribution in [0.1, 0.15) is 36.7 Å². The van der Waals surface area contributed by atoms with Crippen molar-refractivity contribution >= 4 is 29.4 Å². The Morgan fingerprint density at radius 1 is 1.08 bits per heavy atom. The maximum Gasteiger partial charge on any atom is 0.446 e. The number of hydrogen-bond acceptors (Lipinski definition) is 9. The molecule has 0 saturated heterocycles. The van der Waals surface area contributed by atoms with E-state index >= 15 is 0 Å². The number of alkyl carbamates (subject to hydrolysis) is 1. The summed E-state index contributed by atoms with van der Waals surface area (Å²) in [4.78, 5) is 36.9. The summed E-state index contributed by atoms with van der Waals surface area (Å²) in [6, 6.07) is 13.0. The lowest BCUT2D eigenvalue weighted by molar-refractivity contribution is 0.0523. The average Bonchev–Trinajstić information content (AvgIpc) is 3.42. The van der Waals surface area contributed by atoms with E-state index in [1.807, 2.05) is 0 Å². The molecule has 2 heterocycles. The Morgan fingerprint density at radius 2 is 1.83 bits per heavy atom. The summed E-state index contributed by atoms with van der Waals surface area (Å²) >= 11 is 6.03. The number of anilines is 1. The van der Waals surface area contributed by atoms with Crippen LogP contribution in [0.25, 0.3) is 17.2 Å². The summed E-state index contributed by atoms with van der Waals surface area (Å²) < 4.78 is 15.9. The summed E-state index contributed by atoms with van der Waals surface area (Å²) in [5.74, 6) is -1.41. The minimum absolute atomic E-state index is 0.0210. The van der Waals surface area contributed by atoms with Gasteiger partial charge < -0.3 is 15.4 Å². The first-order valence-electron chi connectivity index (χ1n) is 10.7. The lowest BCUT2D eigenvalue weighted by Gasteiger charge is -2.19. The molecule has 4 aromatic rings. The molecule has 0 aliphatic heterocycles. The fourth-order valence-electron chi connectivity index (χ4n) is 3.10. The predicted octanol–water partition coefficient (Wildman–Crippen LogP) is 3.81. The van der Waals surface area contributed by atoms with Crippen LogP contribution in [0.3, 0.4) is 0 Å². The average molecular weight is 513 g/mol. The zero-order chi connectivity index (χ0) is 25.9. The number of halogens is 1. The number of amides is 2. The number of hydrogen-bond donors (Lipinski definition) is 2. The fourth-order valence-corrected chi connectivity index (χ4v) is 3.29. The second kappa shape index (κ2) is 10.0. The van der Waals surface area contributed by atoms with E-state index in [9.17, 15) is 14.4 Å². The Labute approximate surface area is 209 Å². The lowest BCUT2D eigenvalue weighted by atomic mass is 10.1. The molecule has 0 bridgehead atoms. The van der Waals surface area contributed by atoms with Crippen molar-refractivity contribution in [2.75, 3.05) is 5.32 Å². The Bertz CT molecular complexity index is 1450. The largest absolute Gasteiger partial charge is 0.446 e. The Hall–Kier alpha value is -4.45. The standard InChI is InChI=1S/C23H21ClN6O6/c1-23(2,3)34-21(32)25-12-13-7-9-14(10-8-13)20(31)26-18-17(27-36-28-18)19-29-35-22(33)30(19)16-6-4-5-15(24)11-16/h4-11H,12H2,1-3H3,(H,25,32)(H,26,28,31). The van der Waals surface area contributed by atoms with Crippen LogP contribution in [0, 0.1) is 0 Å². The molecule has 0 atom stereocenters. The number of carbonyl (C=O) groups is 2. The first-order chi connectivity index (χ1) is 17.1. The fraction of sp³-hybridized carbons (Fsp3) is 0.217. The van der Waals surface area contributed by atoms with Crippen LogP contribution in [0.4, 0.5) is 10.6 Å². The van der Waals surface area contributed by atoms with Crippen molar-refractivity contribution in [1.29, 1.82) is 0 Å². The van der Waals surface area contributed by atoms with Gasteiger partial charge in [-0.15, -0.1) is 0 Å². The minimum Gasteiger partial charge on any atom is -0.444 e. The summed E-state index contributed by atoms with van der Waals surface area (Å²) in [6.07, 6.45) is -0.542. The smallest absolute Gasteiger partial charge is 0.444 e. The van der Waals surface area contributed by atoms with Gasteiger partial charge >= 0.3 is 11.8 Å². The zero-order valence-electron chi connectivity index (χ0n) is 19.4. The van der Waals surface area contributed by atoms with Gasteiger partial charge in [0.25, 0.3) is 5.91 Å². The van der Waals surface area contributed by atoms with Crippen LogP contribution >= 0.6 is 11.6 Å². The molecule has 13 heteroatoms. The van der Waals surface area contributed by atoms with E-state index in [-0.39, 0.29) is 23.9 Å². The van der Waals surface area contributed by atoms with E-state index < -0.39 is 23.4 Å². The molecule has 0 spiro atoms. The molecular formula is C23H21ClN6O6. The lowest BCUT2D eigenvalue weighted by Crippen LogP contribution is -2.32. The highest BCUT2D eigenvalue weighted by Gasteiger charge is 2.24. The maximum atomic E-state index is 12.8. The predicted molar refractivity (Wildman–Crippen MR) is 128 cm³/mol. The molecule has 0 fully saturated rings. The third-order valence-corrected chi connectivity index (χ3v) is 4.89. The van der Waals surface area contributed by atoms with E-state index in [1.54, 1.807) is 63.2 Å². The second-order valence-electron chi connectivity index (χ2n) is 8.56. The molecule has 186 valence electrons. The van der Waals surface area contributed by atoms with E-state index in [2.05, 4.69) is 26.1 Å². The second-order valence-corrected chi connectivity index (χ2v) is 8.99. The third kappa shape index (κ3) is 5.78. The van der Waals surface area contributed by atoms with Crippen molar-refractivity contribution in [3.8, 4) is 17.2 Å². The molecule has 2 N–H and O–H groups in total. The molecule has 2 aromatic carbocycles. The molecule has 2 amide bonds. The van der Waals surface area contributed by atoms with Gasteiger partial charge in [0.05, 0.1) is 5.69 Å². The van der Waals surface area contributed by atoms with Crippen LogP contribution in [-0.4, -0.2) is 37.6 Å². The molecule has 0 aliphatic carbocycles. The van der Waals surface area contributed by atoms with E-state index in [0.29, 0.717) is 16.3 Å². The molecule has 0 radical (unpaired) electrons. The zero-order valence-corrected chi connectivity index (χ0v) is 20.2. The van der Waals surface area contributed by atoms with Gasteiger partial charge in [-0.05, 0) is 67.0 Å². The molecular weight excluding hydrogens is 492 g/mol. The Morgan fingerprint density at radius 3 is 2.53 bits per heavy atom. The summed E-state index contributed by atoms with van der Waals surface area (Å²) in [6.45, 7) is 5.54. The van der Waals surface area contributed by atoms with Crippen LogP contribution in [0.2, 0.25) is 5.02 Å². The summed E-state index contributed by atoms with van der Waals surface area (Å²) in [5.41, 5.74) is 0.814. The van der Waals surface area contributed by atoms with Crippen molar-refractivity contribution in [1.82, 2.24) is 25.4 Å². The highest BCUT2D eigenvalue weighted by molar-refractivity contribution is 6.30. The van der Waals surface area contributed by atoms with Crippen molar-refractivity contribution < 1.29 is 23.5 Å². The van der Waals surface area contributed by atoms with Gasteiger partial charge in [-0.2, -0.15) is 0 Å². The normalized spacial score (nSPS) is 11.2. The Balaban J connectivity index is 1.48. The highest BCUT2D eigenvalue weighted by atomic mass is 35.5. The molecule has 0 aliphatic rings. The molecule has 4 rings (SSSR count). The van der Waals surface area contributed by atoms with Gasteiger partial charge in [-0.25, -0.2) is 18.8 Å². The first kappa shape index (κ1) is 24.7. The minimum atomic E-state index is -0.789. The molecule has 2 aromatic heterocycles. The third-order valence-electron chi connectivity index (χ3n) is 4.66. The van der Waals surface area contributed by atoms with E-state index in [1.165, 1.54) is 6.07 Å². The maximum absolute atomic E-state index is 12.8. The molecule has 12 nitrogen and oxygen atoms in total. The molecule has 36 heavy (non-hydrogen) atoms. The van der Waals surface area contributed by atoms with Crippen LogP contribution < -0.4 is 16.4 Å². The quantitative estimate of drug-likeness (QED) is 0.392. The van der Waals surface area contributed by atoms with Gasteiger partial charge in [0, 0.05) is 17.1 Å². The first-order valence-corrected chi connectivity index (χ1v) is 11.0.